The van der Waals surface area contributed by atoms with E-state index in [4.69, 9.17) is 0 Å². The van der Waals surface area contributed by atoms with Gasteiger partial charge in [0.15, 0.2) is 6.20 Å². The number of halogens is 1. The SMILES string of the molecule is CCN1N=NCN1.[I-].c1ccc2[nH+]cccc2c1. The Morgan fingerprint density at radius 1 is 1.28 bits per heavy atom. The monoisotopic (exact) mass is 357 g/mol. The molecule has 0 fully saturated rings. The summed E-state index contributed by atoms with van der Waals surface area (Å²) in [6.07, 6.45) is 1.93. The number of H-pyrrole nitrogens is 1. The van der Waals surface area contributed by atoms with Crippen LogP contribution in [0.4, 0.5) is 0 Å². The van der Waals surface area contributed by atoms with Crippen molar-refractivity contribution in [3.05, 3.63) is 42.6 Å². The van der Waals surface area contributed by atoms with Gasteiger partial charge >= 0.3 is 0 Å². The fourth-order valence-corrected chi connectivity index (χ4v) is 1.49. The van der Waals surface area contributed by atoms with Gasteiger partial charge in [-0.2, -0.15) is 10.5 Å². The van der Waals surface area contributed by atoms with Crippen LogP contribution in [-0.4, -0.2) is 18.3 Å². The molecule has 0 saturated heterocycles. The Bertz CT molecular complexity index is 437. The molecule has 0 amide bonds. The number of nitrogens with one attached hydrogen (secondary N) is 2. The fraction of sp³-hybridized carbons (Fsp3) is 0.250. The minimum absolute atomic E-state index is 0. The van der Waals surface area contributed by atoms with Gasteiger partial charge in [-0.15, -0.1) is 0 Å². The molecule has 1 aliphatic heterocycles. The predicted octanol–water partition coefficient (Wildman–Crippen LogP) is -1.19. The van der Waals surface area contributed by atoms with Crippen LogP contribution in [0.15, 0.2) is 52.9 Å². The molecule has 2 N–H and O–H groups in total. The Labute approximate surface area is 123 Å². The Morgan fingerprint density at radius 2 is 2.06 bits per heavy atom. The van der Waals surface area contributed by atoms with Crippen molar-refractivity contribution in [1.82, 2.24) is 10.5 Å². The lowest BCUT2D eigenvalue weighted by atomic mass is 10.2. The summed E-state index contributed by atoms with van der Waals surface area (Å²) < 4.78 is 0. The molecule has 1 aliphatic rings. The van der Waals surface area contributed by atoms with E-state index in [9.17, 15) is 0 Å². The molecule has 0 bridgehead atoms. The van der Waals surface area contributed by atoms with E-state index in [0.717, 1.165) is 6.54 Å². The first kappa shape index (κ1) is 14.8. The molecule has 1 aromatic heterocycles. The maximum absolute atomic E-state index is 3.70. The van der Waals surface area contributed by atoms with Gasteiger partial charge in [-0.3, -0.25) is 0 Å². The first-order chi connectivity index (χ1) is 8.40. The first-order valence-corrected chi connectivity index (χ1v) is 5.64. The first-order valence-electron chi connectivity index (χ1n) is 5.64. The summed E-state index contributed by atoms with van der Waals surface area (Å²) in [4.78, 5) is 3.15. The molecule has 3 rings (SSSR count). The van der Waals surface area contributed by atoms with Crippen LogP contribution in [0.5, 0.6) is 0 Å². The zero-order chi connectivity index (χ0) is 11.9. The van der Waals surface area contributed by atoms with Gasteiger partial charge in [-0.25, -0.2) is 10.1 Å². The van der Waals surface area contributed by atoms with E-state index in [1.165, 1.54) is 10.9 Å². The second-order valence-electron chi connectivity index (χ2n) is 3.52. The molecule has 0 atom stereocenters. The van der Waals surface area contributed by atoms with E-state index in [1.807, 2.05) is 31.3 Å². The second kappa shape index (κ2) is 7.93. The van der Waals surface area contributed by atoms with Gasteiger partial charge in [-0.1, -0.05) is 17.4 Å². The number of aromatic amines is 1. The molecule has 18 heavy (non-hydrogen) atoms. The van der Waals surface area contributed by atoms with Crippen molar-refractivity contribution in [3.8, 4) is 0 Å². The Balaban J connectivity index is 0.000000181. The third-order valence-electron chi connectivity index (χ3n) is 2.37. The molecule has 1 aromatic carbocycles. The minimum Gasteiger partial charge on any atom is -1.00 e. The molecule has 0 spiro atoms. The number of para-hydroxylation sites is 1. The fourth-order valence-electron chi connectivity index (χ4n) is 1.49. The average molecular weight is 357 g/mol. The number of benzene rings is 1. The van der Waals surface area contributed by atoms with E-state index in [1.54, 1.807) is 5.12 Å². The molecule has 0 aliphatic carbocycles. The van der Waals surface area contributed by atoms with Crippen LogP contribution in [0.1, 0.15) is 6.92 Å². The lowest BCUT2D eigenvalue weighted by Gasteiger charge is -2.05. The molecular weight excluding hydrogens is 341 g/mol. The number of rotatable bonds is 1. The minimum atomic E-state index is 0. The van der Waals surface area contributed by atoms with Crippen molar-refractivity contribution >= 4 is 10.9 Å². The maximum atomic E-state index is 3.70. The van der Waals surface area contributed by atoms with Gasteiger partial charge in [0.1, 0.15) is 6.67 Å². The quantitative estimate of drug-likeness (QED) is 0.653. The van der Waals surface area contributed by atoms with Gasteiger partial charge in [0, 0.05) is 17.5 Å². The van der Waals surface area contributed by atoms with E-state index in [2.05, 4.69) is 38.9 Å². The van der Waals surface area contributed by atoms with Crippen LogP contribution in [0.3, 0.4) is 0 Å². The Kier molecular flexibility index (Phi) is 6.51. The highest BCUT2D eigenvalue weighted by molar-refractivity contribution is 5.74. The topological polar surface area (TPSA) is 54.1 Å². The van der Waals surface area contributed by atoms with E-state index in [-0.39, 0.29) is 24.0 Å². The van der Waals surface area contributed by atoms with Crippen molar-refractivity contribution in [3.63, 3.8) is 0 Å². The highest BCUT2D eigenvalue weighted by Crippen LogP contribution is 2.04. The average Bonchev–Trinajstić information content (AvgIpc) is 2.93. The lowest BCUT2D eigenvalue weighted by molar-refractivity contribution is -0.344. The molecule has 96 valence electrons. The smallest absolute Gasteiger partial charge is 0.210 e. The van der Waals surface area contributed by atoms with E-state index in [0.29, 0.717) is 6.67 Å². The van der Waals surface area contributed by atoms with Gasteiger partial charge in [-0.05, 0) is 19.1 Å². The molecule has 0 radical (unpaired) electrons. The number of hydrogen-bond donors (Lipinski definition) is 1. The van der Waals surface area contributed by atoms with Crippen molar-refractivity contribution in [1.29, 1.82) is 0 Å². The molecule has 0 saturated carbocycles. The summed E-state index contributed by atoms with van der Waals surface area (Å²) in [6.45, 7) is 3.52. The Hall–Kier alpha value is -1.28. The zero-order valence-electron chi connectivity index (χ0n) is 10.2. The summed E-state index contributed by atoms with van der Waals surface area (Å²) in [5, 5.41) is 10.3. The van der Waals surface area contributed by atoms with Crippen molar-refractivity contribution < 1.29 is 29.0 Å². The molecule has 2 aromatic rings. The van der Waals surface area contributed by atoms with Gasteiger partial charge in [0.05, 0.1) is 6.54 Å². The van der Waals surface area contributed by atoms with Crippen molar-refractivity contribution in [2.24, 2.45) is 10.3 Å². The number of pyridine rings is 1. The molecule has 2 heterocycles. The predicted molar refractivity (Wildman–Crippen MR) is 65.7 cm³/mol. The molecule has 5 nitrogen and oxygen atoms in total. The third kappa shape index (κ3) is 4.19. The van der Waals surface area contributed by atoms with Crippen molar-refractivity contribution in [2.45, 2.75) is 6.92 Å². The van der Waals surface area contributed by atoms with Crippen LogP contribution < -0.4 is 34.4 Å². The van der Waals surface area contributed by atoms with Crippen LogP contribution >= 0.6 is 0 Å². The highest BCUT2D eigenvalue weighted by atomic mass is 127. The highest BCUT2D eigenvalue weighted by Gasteiger charge is 1.99. The number of fused-ring (bicyclic) bond motifs is 1. The molecular formula is C12H16IN5. The summed E-state index contributed by atoms with van der Waals surface area (Å²) in [7, 11) is 0. The van der Waals surface area contributed by atoms with E-state index >= 15 is 0 Å². The zero-order valence-corrected chi connectivity index (χ0v) is 12.3. The number of nitrogens with zero attached hydrogens (tertiary/aromatic N) is 3. The summed E-state index contributed by atoms with van der Waals surface area (Å²) in [5.74, 6) is 0. The summed E-state index contributed by atoms with van der Waals surface area (Å²) in [6, 6.07) is 12.3. The summed E-state index contributed by atoms with van der Waals surface area (Å²) in [5.41, 5.74) is 4.09. The van der Waals surface area contributed by atoms with Crippen molar-refractivity contribution in [2.75, 3.05) is 13.2 Å². The van der Waals surface area contributed by atoms with Crippen LogP contribution in [0.25, 0.3) is 10.9 Å². The molecule has 0 unspecified atom stereocenters. The maximum Gasteiger partial charge on any atom is 0.210 e. The van der Waals surface area contributed by atoms with E-state index < -0.39 is 0 Å². The normalized spacial score (nSPS) is 12.8. The number of aromatic nitrogens is 1. The third-order valence-corrected chi connectivity index (χ3v) is 2.37. The van der Waals surface area contributed by atoms with Gasteiger partial charge < -0.3 is 24.0 Å². The summed E-state index contributed by atoms with van der Waals surface area (Å²) >= 11 is 0. The second-order valence-corrected chi connectivity index (χ2v) is 3.52. The largest absolute Gasteiger partial charge is 1.00 e. The van der Waals surface area contributed by atoms with Crippen LogP contribution in [0, 0.1) is 0 Å². The number of hydrazine groups is 1. The molecule has 6 heteroatoms. The lowest BCUT2D eigenvalue weighted by Crippen LogP contribution is -3.00. The van der Waals surface area contributed by atoms with Gasteiger partial charge in [0.25, 0.3) is 0 Å². The van der Waals surface area contributed by atoms with Crippen LogP contribution in [0.2, 0.25) is 0 Å². The standard InChI is InChI=1S/C9H7N.C3H8N4.HI/c1-2-6-9-8(4-1)5-3-7-10-9;1-2-7-5-3-4-6-7;/h1-7H;5H,2-3H2,1H3;1H. The van der Waals surface area contributed by atoms with Gasteiger partial charge in [0.2, 0.25) is 5.52 Å². The Morgan fingerprint density at radius 3 is 2.67 bits per heavy atom. The van der Waals surface area contributed by atoms with Crippen LogP contribution in [-0.2, 0) is 0 Å². The number of hydrogen-bond acceptors (Lipinski definition) is 4.